The number of hydrogen-bond donors (Lipinski definition) is 1. The Morgan fingerprint density at radius 3 is 2.69 bits per heavy atom. The summed E-state index contributed by atoms with van der Waals surface area (Å²) in [5, 5.41) is 13.6. The van der Waals surface area contributed by atoms with Crippen LogP contribution in [0.5, 0.6) is 0 Å². The van der Waals surface area contributed by atoms with E-state index in [2.05, 4.69) is 5.32 Å². The number of benzene rings is 2. The number of furan rings is 1. The van der Waals surface area contributed by atoms with Gasteiger partial charge >= 0.3 is 5.97 Å². The second-order valence-electron chi connectivity index (χ2n) is 5.34. The highest BCUT2D eigenvalue weighted by Gasteiger charge is 2.14. The fraction of sp³-hybridized carbons (Fsp3) is 0.0500. The molecule has 0 atom stereocenters. The van der Waals surface area contributed by atoms with E-state index in [0.717, 1.165) is 10.8 Å². The van der Waals surface area contributed by atoms with E-state index >= 15 is 0 Å². The maximum atomic E-state index is 12.1. The van der Waals surface area contributed by atoms with E-state index in [-0.39, 0.29) is 5.57 Å². The van der Waals surface area contributed by atoms with Gasteiger partial charge in [-0.1, -0.05) is 36.4 Å². The lowest BCUT2D eigenvalue weighted by Gasteiger charge is -2.09. The van der Waals surface area contributed by atoms with Crippen LogP contribution >= 0.6 is 0 Å². The van der Waals surface area contributed by atoms with Crippen LogP contribution in [0.3, 0.4) is 0 Å². The van der Waals surface area contributed by atoms with Gasteiger partial charge in [0.1, 0.15) is 17.4 Å². The molecule has 0 saturated carbocycles. The Morgan fingerprint density at radius 2 is 1.92 bits per heavy atom. The topological polar surface area (TPSA) is 92.3 Å². The summed E-state index contributed by atoms with van der Waals surface area (Å²) in [6.07, 6.45) is 2.68. The zero-order chi connectivity index (χ0) is 18.4. The normalized spacial score (nSPS) is 11.0. The van der Waals surface area contributed by atoms with Gasteiger partial charge in [0.05, 0.1) is 6.26 Å². The third-order valence-corrected chi connectivity index (χ3v) is 3.57. The monoisotopic (exact) mass is 346 g/mol. The molecule has 3 aromatic rings. The number of fused-ring (bicyclic) bond motifs is 1. The molecule has 0 saturated heterocycles. The first-order chi connectivity index (χ1) is 12.7. The summed E-state index contributed by atoms with van der Waals surface area (Å²) >= 11 is 0. The predicted octanol–water partition coefficient (Wildman–Crippen LogP) is 3.52. The van der Waals surface area contributed by atoms with Crippen molar-refractivity contribution in [2.75, 3.05) is 11.9 Å². The molecule has 26 heavy (non-hydrogen) atoms. The highest BCUT2D eigenvalue weighted by molar-refractivity contribution is 6.04. The SMILES string of the molecule is N#C/C(=C\c1ccco1)C(=O)OCC(=O)Nc1cccc2ccccc12. The number of carbonyl (C=O) groups excluding carboxylic acids is 2. The summed E-state index contributed by atoms with van der Waals surface area (Å²) < 4.78 is 9.95. The summed E-state index contributed by atoms with van der Waals surface area (Å²) in [5.74, 6) is -1.04. The molecule has 6 nitrogen and oxygen atoms in total. The van der Waals surface area contributed by atoms with Gasteiger partial charge in [-0.15, -0.1) is 0 Å². The highest BCUT2D eigenvalue weighted by Crippen LogP contribution is 2.22. The van der Waals surface area contributed by atoms with E-state index < -0.39 is 18.5 Å². The van der Waals surface area contributed by atoms with Crippen molar-refractivity contribution in [2.24, 2.45) is 0 Å². The van der Waals surface area contributed by atoms with Gasteiger partial charge in [0.25, 0.3) is 5.91 Å². The lowest BCUT2D eigenvalue weighted by atomic mass is 10.1. The van der Waals surface area contributed by atoms with Crippen LogP contribution in [-0.2, 0) is 14.3 Å². The molecule has 0 radical (unpaired) electrons. The predicted molar refractivity (Wildman–Crippen MR) is 95.8 cm³/mol. The van der Waals surface area contributed by atoms with Crippen LogP contribution in [0.2, 0.25) is 0 Å². The van der Waals surface area contributed by atoms with E-state index in [1.165, 1.54) is 12.3 Å². The lowest BCUT2D eigenvalue weighted by molar-refractivity contribution is -0.142. The van der Waals surface area contributed by atoms with Crippen LogP contribution in [0.25, 0.3) is 16.8 Å². The molecular weight excluding hydrogens is 332 g/mol. The van der Waals surface area contributed by atoms with Crippen LogP contribution in [-0.4, -0.2) is 18.5 Å². The highest BCUT2D eigenvalue weighted by atomic mass is 16.5. The number of ether oxygens (including phenoxy) is 1. The molecule has 0 aliphatic rings. The van der Waals surface area contributed by atoms with Gasteiger partial charge in [0.2, 0.25) is 0 Å². The Bertz CT molecular complexity index is 1010. The number of amides is 1. The second-order valence-corrected chi connectivity index (χ2v) is 5.34. The summed E-state index contributed by atoms with van der Waals surface area (Å²) in [6.45, 7) is -0.501. The summed E-state index contributed by atoms with van der Waals surface area (Å²) in [5.41, 5.74) is 0.369. The standard InChI is InChI=1S/C20H14N2O4/c21-12-15(11-16-7-4-10-25-16)20(24)26-13-19(23)22-18-9-3-6-14-5-1-2-8-17(14)18/h1-11H,13H2,(H,22,23)/b15-11+. The number of anilines is 1. The Balaban J connectivity index is 1.63. The number of nitrogens with zero attached hydrogens (tertiary/aromatic N) is 1. The quantitative estimate of drug-likeness (QED) is 0.433. The van der Waals surface area contributed by atoms with Crippen molar-refractivity contribution in [3.63, 3.8) is 0 Å². The fourth-order valence-corrected chi connectivity index (χ4v) is 2.38. The Hall–Kier alpha value is -3.85. The number of nitrogens with one attached hydrogen (secondary N) is 1. The van der Waals surface area contributed by atoms with E-state index in [1.54, 1.807) is 24.3 Å². The van der Waals surface area contributed by atoms with Crippen molar-refractivity contribution < 1.29 is 18.7 Å². The van der Waals surface area contributed by atoms with Gasteiger partial charge in [-0.2, -0.15) is 5.26 Å². The maximum absolute atomic E-state index is 12.1. The molecule has 0 aliphatic heterocycles. The number of nitriles is 1. The first kappa shape index (κ1) is 17.0. The van der Waals surface area contributed by atoms with Crippen molar-refractivity contribution in [2.45, 2.75) is 0 Å². The van der Waals surface area contributed by atoms with E-state index in [0.29, 0.717) is 11.4 Å². The molecule has 3 rings (SSSR count). The maximum Gasteiger partial charge on any atom is 0.349 e. The number of carbonyl (C=O) groups is 2. The van der Waals surface area contributed by atoms with Crippen LogP contribution in [0, 0.1) is 11.3 Å². The molecule has 1 aromatic heterocycles. The minimum atomic E-state index is -0.892. The molecule has 1 N–H and O–H groups in total. The third-order valence-electron chi connectivity index (χ3n) is 3.57. The van der Waals surface area contributed by atoms with Crippen molar-refractivity contribution in [3.8, 4) is 6.07 Å². The van der Waals surface area contributed by atoms with Crippen molar-refractivity contribution in [3.05, 3.63) is 72.2 Å². The first-order valence-electron chi connectivity index (χ1n) is 7.77. The van der Waals surface area contributed by atoms with Crippen molar-refractivity contribution in [1.29, 1.82) is 5.26 Å². The van der Waals surface area contributed by atoms with Gasteiger partial charge in [0.15, 0.2) is 6.61 Å². The van der Waals surface area contributed by atoms with Crippen molar-refractivity contribution in [1.82, 2.24) is 0 Å². The molecule has 0 fully saturated rings. The van der Waals surface area contributed by atoms with Gasteiger partial charge in [0, 0.05) is 17.1 Å². The molecule has 2 aromatic carbocycles. The van der Waals surface area contributed by atoms with Crippen LogP contribution in [0.15, 0.2) is 70.9 Å². The minimum Gasteiger partial charge on any atom is -0.465 e. The van der Waals surface area contributed by atoms with Crippen molar-refractivity contribution >= 4 is 34.4 Å². The zero-order valence-corrected chi connectivity index (χ0v) is 13.6. The molecule has 0 spiro atoms. The number of esters is 1. The largest absolute Gasteiger partial charge is 0.465 e. The molecule has 6 heteroatoms. The van der Waals surface area contributed by atoms with E-state index in [1.807, 2.05) is 36.4 Å². The molecule has 0 bridgehead atoms. The fourth-order valence-electron chi connectivity index (χ4n) is 2.38. The number of rotatable bonds is 5. The average Bonchev–Trinajstić information content (AvgIpc) is 3.18. The van der Waals surface area contributed by atoms with Gasteiger partial charge < -0.3 is 14.5 Å². The average molecular weight is 346 g/mol. The van der Waals surface area contributed by atoms with Crippen LogP contribution in [0.1, 0.15) is 5.76 Å². The first-order valence-corrected chi connectivity index (χ1v) is 7.77. The van der Waals surface area contributed by atoms with Gasteiger partial charge in [-0.25, -0.2) is 4.79 Å². The smallest absolute Gasteiger partial charge is 0.349 e. The second kappa shape index (κ2) is 7.81. The zero-order valence-electron chi connectivity index (χ0n) is 13.6. The molecular formula is C20H14N2O4. The molecule has 1 amide bonds. The Morgan fingerprint density at radius 1 is 1.12 bits per heavy atom. The lowest BCUT2D eigenvalue weighted by Crippen LogP contribution is -2.21. The van der Waals surface area contributed by atoms with E-state index in [9.17, 15) is 9.59 Å². The minimum absolute atomic E-state index is 0.252. The van der Waals surface area contributed by atoms with Crippen LogP contribution < -0.4 is 5.32 Å². The number of hydrogen-bond acceptors (Lipinski definition) is 5. The van der Waals surface area contributed by atoms with Gasteiger partial charge in [-0.3, -0.25) is 4.79 Å². The van der Waals surface area contributed by atoms with Crippen LogP contribution in [0.4, 0.5) is 5.69 Å². The molecule has 1 heterocycles. The molecule has 128 valence electrons. The summed E-state index contributed by atoms with van der Waals surface area (Å²) in [6, 6.07) is 18.1. The summed E-state index contributed by atoms with van der Waals surface area (Å²) in [4.78, 5) is 24.0. The molecule has 0 aliphatic carbocycles. The third kappa shape index (κ3) is 3.97. The Labute approximate surface area is 149 Å². The van der Waals surface area contributed by atoms with Gasteiger partial charge in [-0.05, 0) is 23.6 Å². The Kier molecular flexibility index (Phi) is 5.11. The molecule has 0 unspecified atom stereocenters. The summed E-state index contributed by atoms with van der Waals surface area (Å²) in [7, 11) is 0. The van der Waals surface area contributed by atoms with E-state index in [4.69, 9.17) is 14.4 Å².